The zero-order chi connectivity index (χ0) is 26.2. The van der Waals surface area contributed by atoms with Crippen LogP contribution < -0.4 is 16.1 Å². The van der Waals surface area contributed by atoms with Crippen LogP contribution in [0.15, 0.2) is 47.4 Å². The maximum Gasteiger partial charge on any atom is 0.341 e. The summed E-state index contributed by atoms with van der Waals surface area (Å²) < 4.78 is 16.6. The van der Waals surface area contributed by atoms with E-state index in [4.69, 9.17) is 11.1 Å². The lowest BCUT2D eigenvalue weighted by molar-refractivity contribution is 0.0695. The summed E-state index contributed by atoms with van der Waals surface area (Å²) in [5, 5.41) is 16.3. The second-order valence-corrected chi connectivity index (χ2v) is 8.85. The fraction of sp³-hybridized carbons (Fsp3) is 0.393. The van der Waals surface area contributed by atoms with Gasteiger partial charge in [0.15, 0.2) is 0 Å². The van der Waals surface area contributed by atoms with Crippen molar-refractivity contribution in [1.29, 1.82) is 5.41 Å². The van der Waals surface area contributed by atoms with E-state index in [-0.39, 0.29) is 17.0 Å². The zero-order valence-corrected chi connectivity index (χ0v) is 21.0. The quantitative estimate of drug-likeness (QED) is 0.311. The van der Waals surface area contributed by atoms with E-state index in [1.54, 1.807) is 18.2 Å². The normalized spacial score (nSPS) is 15.1. The van der Waals surface area contributed by atoms with Crippen molar-refractivity contribution in [3.63, 3.8) is 0 Å². The van der Waals surface area contributed by atoms with Gasteiger partial charge in [-0.2, -0.15) is 0 Å². The maximum atomic E-state index is 14.8. The Balaban J connectivity index is 0.000000276. The van der Waals surface area contributed by atoms with Crippen molar-refractivity contribution < 1.29 is 14.3 Å². The minimum Gasteiger partial charge on any atom is -0.477 e. The molecule has 1 saturated heterocycles. The minimum absolute atomic E-state index is 0.155. The number of rotatable bonds is 4. The molecule has 1 aliphatic heterocycles. The van der Waals surface area contributed by atoms with E-state index in [1.807, 2.05) is 30.5 Å². The topological polar surface area (TPSA) is 112 Å². The van der Waals surface area contributed by atoms with Gasteiger partial charge < -0.3 is 25.7 Å². The Labute approximate surface area is 210 Å². The highest BCUT2D eigenvalue weighted by molar-refractivity contribution is 5.93. The molecular weight excluding hydrogens is 459 g/mol. The van der Waals surface area contributed by atoms with Crippen LogP contribution >= 0.6 is 0 Å². The largest absolute Gasteiger partial charge is 0.477 e. The average molecular weight is 495 g/mol. The summed E-state index contributed by atoms with van der Waals surface area (Å²) in [5.41, 5.74) is 7.23. The van der Waals surface area contributed by atoms with Gasteiger partial charge >= 0.3 is 5.97 Å². The first-order valence-electron chi connectivity index (χ1n) is 12.6. The standard InChI is InChI=1S/C19H21FN2O3.C7H8N2.C2H6/c20-15-9-13-16(10-17(15)21-7-3-1-2-4-8-21)22(12-5-6-12)11-14(18(13)23)19(24)25;8-5-6-2-1-3-7(9)4-6;1-2/h9-12H,1-8H2,(H,24,25);1-5,8H,9H2;1-2H3. The summed E-state index contributed by atoms with van der Waals surface area (Å²) in [6.45, 7) is 5.62. The number of aromatic carboxylic acids is 1. The predicted octanol–water partition coefficient (Wildman–Crippen LogP) is 5.85. The number of pyridine rings is 1. The molecule has 2 aromatic carbocycles. The molecule has 4 N–H and O–H groups in total. The molecule has 0 radical (unpaired) electrons. The number of anilines is 2. The molecular formula is C28H35FN4O3. The molecule has 5 rings (SSSR count). The SMILES string of the molecule is CC.N=Cc1cccc(N)c1.O=C(O)c1cn(C2CC2)c2cc(N3CCCCCC3)c(F)cc2c1=O. The summed E-state index contributed by atoms with van der Waals surface area (Å²) in [5.74, 6) is -1.71. The van der Waals surface area contributed by atoms with Crippen molar-refractivity contribution in [1.82, 2.24) is 4.57 Å². The van der Waals surface area contributed by atoms with Gasteiger partial charge in [-0.25, -0.2) is 9.18 Å². The van der Waals surface area contributed by atoms with Crippen molar-refractivity contribution in [3.05, 3.63) is 69.8 Å². The van der Waals surface area contributed by atoms with E-state index in [1.165, 1.54) is 18.5 Å². The highest BCUT2D eigenvalue weighted by Crippen LogP contribution is 2.38. The number of benzene rings is 2. The molecule has 8 heteroatoms. The molecule has 36 heavy (non-hydrogen) atoms. The lowest BCUT2D eigenvalue weighted by Crippen LogP contribution is -2.25. The summed E-state index contributed by atoms with van der Waals surface area (Å²) in [4.78, 5) is 25.9. The molecule has 2 aliphatic rings. The molecule has 0 atom stereocenters. The molecule has 2 heterocycles. The van der Waals surface area contributed by atoms with Gasteiger partial charge in [0.25, 0.3) is 0 Å². The lowest BCUT2D eigenvalue weighted by Gasteiger charge is -2.24. The summed E-state index contributed by atoms with van der Waals surface area (Å²) in [7, 11) is 0. The number of carboxylic acids is 1. The number of carbonyl (C=O) groups is 1. The number of nitrogen functional groups attached to an aromatic ring is 1. The molecule has 0 bridgehead atoms. The third-order valence-electron chi connectivity index (χ3n) is 6.30. The molecule has 1 saturated carbocycles. The smallest absolute Gasteiger partial charge is 0.341 e. The molecule has 1 aliphatic carbocycles. The Hall–Kier alpha value is -3.68. The van der Waals surface area contributed by atoms with Gasteiger partial charge in [-0.1, -0.05) is 38.8 Å². The van der Waals surface area contributed by atoms with Crippen molar-refractivity contribution in [2.45, 2.75) is 58.4 Å². The van der Waals surface area contributed by atoms with Crippen LogP contribution in [0, 0.1) is 11.2 Å². The molecule has 1 aromatic heterocycles. The third-order valence-corrected chi connectivity index (χ3v) is 6.30. The Morgan fingerprint density at radius 2 is 1.78 bits per heavy atom. The first-order valence-corrected chi connectivity index (χ1v) is 12.6. The average Bonchev–Trinajstić information content (AvgIpc) is 3.73. The number of nitrogens with one attached hydrogen (secondary N) is 1. The van der Waals surface area contributed by atoms with Gasteiger partial charge in [0, 0.05) is 42.6 Å². The van der Waals surface area contributed by atoms with Crippen LogP contribution in [0.2, 0.25) is 0 Å². The van der Waals surface area contributed by atoms with Gasteiger partial charge in [0.05, 0.1) is 11.2 Å². The predicted molar refractivity (Wildman–Crippen MR) is 144 cm³/mol. The first-order chi connectivity index (χ1) is 17.4. The number of hydrogen-bond donors (Lipinski definition) is 3. The lowest BCUT2D eigenvalue weighted by atomic mass is 10.1. The molecule has 7 nitrogen and oxygen atoms in total. The van der Waals surface area contributed by atoms with Crippen LogP contribution in [-0.2, 0) is 0 Å². The zero-order valence-electron chi connectivity index (χ0n) is 21.0. The Bertz CT molecular complexity index is 1280. The third kappa shape index (κ3) is 6.30. The van der Waals surface area contributed by atoms with Gasteiger partial charge in [0.1, 0.15) is 11.4 Å². The fourth-order valence-electron chi connectivity index (χ4n) is 4.37. The van der Waals surface area contributed by atoms with E-state index >= 15 is 0 Å². The number of hydrogen-bond acceptors (Lipinski definition) is 5. The summed E-state index contributed by atoms with van der Waals surface area (Å²) in [6, 6.07) is 10.4. The second-order valence-electron chi connectivity index (χ2n) is 8.85. The fourth-order valence-corrected chi connectivity index (χ4v) is 4.37. The van der Waals surface area contributed by atoms with E-state index in [0.29, 0.717) is 16.9 Å². The maximum absolute atomic E-state index is 14.8. The van der Waals surface area contributed by atoms with E-state index in [0.717, 1.165) is 57.2 Å². The molecule has 192 valence electrons. The monoisotopic (exact) mass is 494 g/mol. The summed E-state index contributed by atoms with van der Waals surface area (Å²) >= 11 is 0. The van der Waals surface area contributed by atoms with Gasteiger partial charge in [-0.15, -0.1) is 0 Å². The number of nitrogens with two attached hydrogens (primary N) is 1. The van der Waals surface area contributed by atoms with Crippen LogP contribution in [0.5, 0.6) is 0 Å². The van der Waals surface area contributed by atoms with Gasteiger partial charge in [-0.05, 0) is 55.5 Å². The van der Waals surface area contributed by atoms with E-state index in [9.17, 15) is 19.1 Å². The highest BCUT2D eigenvalue weighted by atomic mass is 19.1. The van der Waals surface area contributed by atoms with Gasteiger partial charge in [-0.3, -0.25) is 4.79 Å². The van der Waals surface area contributed by atoms with Crippen LogP contribution in [0.4, 0.5) is 15.8 Å². The highest BCUT2D eigenvalue weighted by Gasteiger charge is 2.28. The number of aromatic nitrogens is 1. The van der Waals surface area contributed by atoms with Crippen molar-refractivity contribution >= 4 is 34.5 Å². The molecule has 3 aromatic rings. The first kappa shape index (κ1) is 26.9. The summed E-state index contributed by atoms with van der Waals surface area (Å²) in [6.07, 6.45) is 8.97. The molecule has 0 amide bonds. The molecule has 2 fully saturated rings. The van der Waals surface area contributed by atoms with Crippen molar-refractivity contribution in [3.8, 4) is 0 Å². The Kier molecular flexibility index (Phi) is 9.22. The second kappa shape index (κ2) is 12.3. The van der Waals surface area contributed by atoms with Crippen LogP contribution in [0.1, 0.15) is 74.3 Å². The molecule has 0 spiro atoms. The molecule has 0 unspecified atom stereocenters. The number of fused-ring (bicyclic) bond motifs is 1. The van der Waals surface area contributed by atoms with Crippen molar-refractivity contribution in [2.75, 3.05) is 23.7 Å². The number of carboxylic acid groups (broad SMARTS) is 1. The van der Waals surface area contributed by atoms with Crippen LogP contribution in [0.25, 0.3) is 10.9 Å². The Morgan fingerprint density at radius 1 is 1.11 bits per heavy atom. The van der Waals surface area contributed by atoms with E-state index < -0.39 is 17.2 Å². The number of nitrogens with zero attached hydrogens (tertiary/aromatic N) is 2. The van der Waals surface area contributed by atoms with Crippen LogP contribution in [0.3, 0.4) is 0 Å². The minimum atomic E-state index is -1.27. The van der Waals surface area contributed by atoms with Crippen molar-refractivity contribution in [2.24, 2.45) is 0 Å². The Morgan fingerprint density at radius 3 is 2.31 bits per heavy atom. The van der Waals surface area contributed by atoms with Crippen LogP contribution in [-0.4, -0.2) is 34.9 Å². The van der Waals surface area contributed by atoms with Gasteiger partial charge in [0.2, 0.25) is 5.43 Å². The number of halogens is 1. The van der Waals surface area contributed by atoms with E-state index in [2.05, 4.69) is 4.90 Å².